The molecule has 98 valence electrons. The first-order valence-corrected chi connectivity index (χ1v) is 6.19. The second-order valence-corrected chi connectivity index (χ2v) is 5.17. The minimum Gasteiger partial charge on any atom is -0.480 e. The van der Waals surface area contributed by atoms with E-state index in [2.05, 4.69) is 5.32 Å². The van der Waals surface area contributed by atoms with Gasteiger partial charge in [-0.3, -0.25) is 4.79 Å². The van der Waals surface area contributed by atoms with Crippen LogP contribution in [0.5, 0.6) is 0 Å². The number of nitrogens with two attached hydrogens (primary N) is 1. The van der Waals surface area contributed by atoms with Gasteiger partial charge in [0.2, 0.25) is 5.91 Å². The van der Waals surface area contributed by atoms with Gasteiger partial charge in [0.15, 0.2) is 0 Å². The van der Waals surface area contributed by atoms with Crippen LogP contribution in [0.4, 0.5) is 0 Å². The number of nitrogens with one attached hydrogen (secondary N) is 1. The summed E-state index contributed by atoms with van der Waals surface area (Å²) in [4.78, 5) is 23.3. The Balaban J connectivity index is 2.81. The molecular weight excluding hydrogens is 220 g/mol. The monoisotopic (exact) mass is 242 g/mol. The lowest BCUT2D eigenvalue weighted by atomic mass is 9.81. The zero-order chi connectivity index (χ0) is 13.1. The average Bonchev–Trinajstić information content (AvgIpc) is 2.30. The fraction of sp³-hybridized carbons (Fsp3) is 0.833. The van der Waals surface area contributed by atoms with Gasteiger partial charge >= 0.3 is 5.97 Å². The van der Waals surface area contributed by atoms with E-state index in [4.69, 9.17) is 5.73 Å². The number of hydrogen-bond donors (Lipinski definition) is 3. The van der Waals surface area contributed by atoms with Crippen LogP contribution in [-0.4, -0.2) is 28.1 Å². The quantitative estimate of drug-likeness (QED) is 0.686. The third-order valence-corrected chi connectivity index (χ3v) is 3.72. The molecule has 0 saturated heterocycles. The molecule has 1 atom stereocenters. The van der Waals surface area contributed by atoms with Gasteiger partial charge in [0.25, 0.3) is 0 Å². The van der Waals surface area contributed by atoms with Gasteiger partial charge < -0.3 is 16.2 Å². The number of carbonyl (C=O) groups is 2. The van der Waals surface area contributed by atoms with E-state index in [9.17, 15) is 14.7 Å². The molecule has 1 aliphatic rings. The van der Waals surface area contributed by atoms with Crippen LogP contribution in [0, 0.1) is 0 Å². The van der Waals surface area contributed by atoms with Gasteiger partial charge in [0.1, 0.15) is 5.54 Å². The van der Waals surface area contributed by atoms with Crippen molar-refractivity contribution in [2.75, 3.05) is 0 Å². The molecule has 5 heteroatoms. The van der Waals surface area contributed by atoms with Crippen molar-refractivity contribution in [1.82, 2.24) is 5.32 Å². The highest BCUT2D eigenvalue weighted by molar-refractivity contribution is 5.91. The van der Waals surface area contributed by atoms with Gasteiger partial charge in [0.05, 0.1) is 5.54 Å². The summed E-state index contributed by atoms with van der Waals surface area (Å²) in [5, 5.41) is 12.0. The highest BCUT2D eigenvalue weighted by Crippen LogP contribution is 2.29. The molecule has 1 amide bonds. The summed E-state index contributed by atoms with van der Waals surface area (Å²) in [5.74, 6) is -1.32. The average molecular weight is 242 g/mol. The molecule has 0 aromatic heterocycles. The van der Waals surface area contributed by atoms with E-state index in [-0.39, 0.29) is 5.91 Å². The first-order chi connectivity index (χ1) is 7.84. The summed E-state index contributed by atoms with van der Waals surface area (Å²) < 4.78 is 0. The number of carboxylic acids is 1. The Labute approximate surface area is 102 Å². The van der Waals surface area contributed by atoms with Crippen molar-refractivity contribution < 1.29 is 14.7 Å². The van der Waals surface area contributed by atoms with E-state index in [0.717, 1.165) is 19.3 Å². The van der Waals surface area contributed by atoms with Crippen LogP contribution in [-0.2, 0) is 9.59 Å². The van der Waals surface area contributed by atoms with Gasteiger partial charge in [-0.2, -0.15) is 0 Å². The predicted octanol–water partition coefficient (Wildman–Crippen LogP) is 1.02. The fourth-order valence-corrected chi connectivity index (χ4v) is 2.07. The SMILES string of the molecule is CCC(C)(N)C(=O)NC1(C(=O)O)CCCCC1. The lowest BCUT2D eigenvalue weighted by molar-refractivity contribution is -0.150. The molecule has 1 saturated carbocycles. The molecule has 4 N–H and O–H groups in total. The van der Waals surface area contributed by atoms with E-state index in [1.807, 2.05) is 6.92 Å². The van der Waals surface area contributed by atoms with Crippen LogP contribution in [0.15, 0.2) is 0 Å². The maximum absolute atomic E-state index is 12.0. The third-order valence-electron chi connectivity index (χ3n) is 3.72. The minimum absolute atomic E-state index is 0.371. The standard InChI is InChI=1S/C12H22N2O3/c1-3-11(2,13)9(15)14-12(10(16)17)7-5-4-6-8-12/h3-8,13H2,1-2H3,(H,14,15)(H,16,17). The highest BCUT2D eigenvalue weighted by Gasteiger charge is 2.43. The van der Waals surface area contributed by atoms with Gasteiger partial charge in [-0.15, -0.1) is 0 Å². The summed E-state index contributed by atoms with van der Waals surface area (Å²) in [7, 11) is 0. The predicted molar refractivity (Wildman–Crippen MR) is 64.5 cm³/mol. The Kier molecular flexibility index (Phi) is 4.14. The van der Waals surface area contributed by atoms with Crippen molar-refractivity contribution >= 4 is 11.9 Å². The van der Waals surface area contributed by atoms with Crippen molar-refractivity contribution in [1.29, 1.82) is 0 Å². The molecule has 0 radical (unpaired) electrons. The van der Waals surface area contributed by atoms with Gasteiger partial charge in [-0.05, 0) is 26.2 Å². The van der Waals surface area contributed by atoms with Crippen LogP contribution in [0.2, 0.25) is 0 Å². The van der Waals surface area contributed by atoms with Gasteiger partial charge in [-0.25, -0.2) is 4.79 Å². The number of hydrogen-bond acceptors (Lipinski definition) is 3. The smallest absolute Gasteiger partial charge is 0.329 e. The van der Waals surface area contributed by atoms with Crippen LogP contribution in [0.3, 0.4) is 0 Å². The molecule has 17 heavy (non-hydrogen) atoms. The molecule has 5 nitrogen and oxygen atoms in total. The van der Waals surface area contributed by atoms with Crippen molar-refractivity contribution in [3.63, 3.8) is 0 Å². The number of carbonyl (C=O) groups excluding carboxylic acids is 1. The second kappa shape index (κ2) is 5.04. The van der Waals surface area contributed by atoms with E-state index in [0.29, 0.717) is 19.3 Å². The van der Waals surface area contributed by atoms with E-state index >= 15 is 0 Å². The summed E-state index contributed by atoms with van der Waals surface area (Å²) in [6, 6.07) is 0. The minimum atomic E-state index is -1.11. The molecule has 0 aliphatic heterocycles. The largest absolute Gasteiger partial charge is 0.480 e. The van der Waals surface area contributed by atoms with Crippen LogP contribution in [0.25, 0.3) is 0 Å². The zero-order valence-electron chi connectivity index (χ0n) is 10.6. The van der Waals surface area contributed by atoms with Gasteiger partial charge in [-0.1, -0.05) is 26.2 Å². The lowest BCUT2D eigenvalue weighted by Crippen LogP contribution is -2.62. The Hall–Kier alpha value is -1.10. The number of rotatable bonds is 4. The number of amides is 1. The second-order valence-electron chi connectivity index (χ2n) is 5.17. The molecular formula is C12H22N2O3. The first-order valence-electron chi connectivity index (χ1n) is 6.19. The van der Waals surface area contributed by atoms with E-state index in [1.165, 1.54) is 0 Å². The number of carboxylic acid groups (broad SMARTS) is 1. The molecule has 0 aromatic rings. The van der Waals surface area contributed by atoms with Crippen molar-refractivity contribution in [2.24, 2.45) is 5.73 Å². The summed E-state index contributed by atoms with van der Waals surface area (Å²) >= 11 is 0. The number of aliphatic carboxylic acids is 1. The molecule has 0 bridgehead atoms. The van der Waals surface area contributed by atoms with Gasteiger partial charge in [0, 0.05) is 0 Å². The first kappa shape index (κ1) is 14.0. The van der Waals surface area contributed by atoms with E-state index in [1.54, 1.807) is 6.92 Å². The normalized spacial score (nSPS) is 22.5. The van der Waals surface area contributed by atoms with E-state index < -0.39 is 17.0 Å². The topological polar surface area (TPSA) is 92.4 Å². The molecule has 0 heterocycles. The molecule has 0 aromatic carbocycles. The molecule has 1 aliphatic carbocycles. The Morgan fingerprint density at radius 2 is 1.88 bits per heavy atom. The molecule has 1 fully saturated rings. The molecule has 0 spiro atoms. The Morgan fingerprint density at radius 3 is 2.29 bits per heavy atom. The zero-order valence-corrected chi connectivity index (χ0v) is 10.6. The summed E-state index contributed by atoms with van der Waals surface area (Å²) in [6.07, 6.45) is 4.16. The third kappa shape index (κ3) is 2.97. The van der Waals surface area contributed by atoms with Crippen LogP contribution < -0.4 is 11.1 Å². The Bertz CT molecular complexity index is 307. The Morgan fingerprint density at radius 1 is 1.35 bits per heavy atom. The summed E-state index contributed by atoms with van der Waals surface area (Å²) in [6.45, 7) is 3.44. The van der Waals surface area contributed by atoms with Crippen LogP contribution >= 0.6 is 0 Å². The summed E-state index contributed by atoms with van der Waals surface area (Å²) in [5.41, 5.74) is 3.72. The highest BCUT2D eigenvalue weighted by atomic mass is 16.4. The lowest BCUT2D eigenvalue weighted by Gasteiger charge is -2.36. The fourth-order valence-electron chi connectivity index (χ4n) is 2.07. The van der Waals surface area contributed by atoms with Crippen molar-refractivity contribution in [2.45, 2.75) is 63.5 Å². The molecule has 1 unspecified atom stereocenters. The van der Waals surface area contributed by atoms with Crippen molar-refractivity contribution in [3.8, 4) is 0 Å². The van der Waals surface area contributed by atoms with Crippen molar-refractivity contribution in [3.05, 3.63) is 0 Å². The van der Waals surface area contributed by atoms with Crippen LogP contribution in [0.1, 0.15) is 52.4 Å². The maximum Gasteiger partial charge on any atom is 0.329 e. The maximum atomic E-state index is 12.0. The molecule has 1 rings (SSSR count).